The minimum atomic E-state index is -3.52. The fourth-order valence-corrected chi connectivity index (χ4v) is 5.97. The molecule has 0 unspecified atom stereocenters. The summed E-state index contributed by atoms with van der Waals surface area (Å²) in [6.45, 7) is 2.41. The molecule has 3 aromatic rings. The van der Waals surface area contributed by atoms with Crippen molar-refractivity contribution >= 4 is 32.6 Å². The smallest absolute Gasteiger partial charge is 0.243 e. The van der Waals surface area contributed by atoms with Crippen LogP contribution in [-0.2, 0) is 34.1 Å². The summed E-state index contributed by atoms with van der Waals surface area (Å²) in [5, 5.41) is 3.86. The van der Waals surface area contributed by atoms with E-state index in [9.17, 15) is 13.2 Å². The fourth-order valence-electron chi connectivity index (χ4n) is 4.55. The molecule has 0 bridgehead atoms. The molecule has 1 aromatic heterocycles. The number of rotatable bonds is 5. The van der Waals surface area contributed by atoms with Gasteiger partial charge in [0.1, 0.15) is 5.58 Å². The monoisotopic (exact) mass is 453 g/mol. The van der Waals surface area contributed by atoms with E-state index in [0.717, 1.165) is 48.9 Å². The van der Waals surface area contributed by atoms with Gasteiger partial charge in [0.25, 0.3) is 0 Å². The molecule has 1 aliphatic heterocycles. The number of amides is 1. The quantitative estimate of drug-likeness (QED) is 0.642. The summed E-state index contributed by atoms with van der Waals surface area (Å²) in [6.07, 6.45) is 5.18. The summed E-state index contributed by atoms with van der Waals surface area (Å²) < 4.78 is 32.9. The predicted molar refractivity (Wildman–Crippen MR) is 123 cm³/mol. The number of nitrogens with one attached hydrogen (secondary N) is 1. The van der Waals surface area contributed by atoms with Gasteiger partial charge in [-0.25, -0.2) is 8.42 Å². The van der Waals surface area contributed by atoms with Crippen LogP contribution in [0.3, 0.4) is 0 Å². The highest BCUT2D eigenvalue weighted by atomic mass is 32.2. The molecule has 168 valence electrons. The molecular formula is C24H27N3O4S. The van der Waals surface area contributed by atoms with Crippen LogP contribution in [0.1, 0.15) is 23.1 Å². The van der Waals surface area contributed by atoms with Crippen molar-refractivity contribution in [1.82, 2.24) is 9.21 Å². The van der Waals surface area contributed by atoms with Gasteiger partial charge in [0.15, 0.2) is 0 Å². The van der Waals surface area contributed by atoms with E-state index in [1.807, 2.05) is 7.05 Å². The van der Waals surface area contributed by atoms with Crippen LogP contribution >= 0.6 is 0 Å². The molecule has 1 saturated heterocycles. The second-order valence-electron chi connectivity index (χ2n) is 8.69. The molecule has 2 aromatic carbocycles. The van der Waals surface area contributed by atoms with Crippen LogP contribution in [0, 0.1) is 0 Å². The van der Waals surface area contributed by atoms with Gasteiger partial charge in [-0.1, -0.05) is 0 Å². The van der Waals surface area contributed by atoms with Crippen LogP contribution in [-0.4, -0.2) is 56.8 Å². The van der Waals surface area contributed by atoms with Crippen LogP contribution in [0.4, 0.5) is 5.69 Å². The van der Waals surface area contributed by atoms with Crippen LogP contribution in [0.2, 0.25) is 0 Å². The van der Waals surface area contributed by atoms with E-state index in [1.165, 1.54) is 15.4 Å². The molecular weight excluding hydrogens is 426 g/mol. The summed E-state index contributed by atoms with van der Waals surface area (Å²) >= 11 is 0. The van der Waals surface area contributed by atoms with Crippen molar-refractivity contribution in [2.75, 3.05) is 38.5 Å². The van der Waals surface area contributed by atoms with E-state index < -0.39 is 10.0 Å². The first-order valence-electron chi connectivity index (χ1n) is 11.0. The molecule has 1 N–H and O–H groups in total. The highest BCUT2D eigenvalue weighted by Gasteiger charge is 2.27. The minimum Gasteiger partial charge on any atom is -0.464 e. The average Bonchev–Trinajstić information content (AvgIpc) is 3.39. The highest BCUT2D eigenvalue weighted by Crippen LogP contribution is 2.30. The van der Waals surface area contributed by atoms with Gasteiger partial charge in [0.05, 0.1) is 17.6 Å². The molecule has 0 radical (unpaired) electrons. The van der Waals surface area contributed by atoms with Gasteiger partial charge in [-0.2, -0.15) is 4.31 Å². The molecule has 1 aliphatic carbocycles. The summed E-state index contributed by atoms with van der Waals surface area (Å²) in [4.78, 5) is 15.0. The summed E-state index contributed by atoms with van der Waals surface area (Å²) in [5.74, 6) is -0.164. The first-order chi connectivity index (χ1) is 15.4. The van der Waals surface area contributed by atoms with Crippen molar-refractivity contribution in [1.29, 1.82) is 0 Å². The Morgan fingerprint density at radius 3 is 2.44 bits per heavy atom. The number of hydrogen-bond acceptors (Lipinski definition) is 5. The molecule has 0 saturated carbocycles. The number of fused-ring (bicyclic) bond motifs is 2. The third kappa shape index (κ3) is 4.05. The van der Waals surface area contributed by atoms with Gasteiger partial charge in [0.2, 0.25) is 15.9 Å². The molecule has 32 heavy (non-hydrogen) atoms. The molecule has 0 spiro atoms. The van der Waals surface area contributed by atoms with Crippen molar-refractivity contribution in [2.24, 2.45) is 0 Å². The van der Waals surface area contributed by atoms with Gasteiger partial charge < -0.3 is 14.6 Å². The number of furan rings is 1. The molecule has 2 aliphatic rings. The van der Waals surface area contributed by atoms with Crippen molar-refractivity contribution in [3.05, 3.63) is 59.4 Å². The number of piperazine rings is 1. The molecule has 2 heterocycles. The van der Waals surface area contributed by atoms with E-state index >= 15 is 0 Å². The SMILES string of the molecule is CN1CCN(S(=O)(=O)c2ccc(NC(=O)Cc3coc4cc5c(cc34)CCC5)cc2)CC1. The third-order valence-electron chi connectivity index (χ3n) is 6.46. The van der Waals surface area contributed by atoms with Gasteiger partial charge in [-0.3, -0.25) is 4.79 Å². The number of carbonyl (C=O) groups excluding carboxylic acids is 1. The van der Waals surface area contributed by atoms with Gasteiger partial charge in [0, 0.05) is 42.8 Å². The molecule has 1 amide bonds. The van der Waals surface area contributed by atoms with Gasteiger partial charge in [-0.05, 0) is 73.8 Å². The Bertz CT molecular complexity index is 1260. The van der Waals surface area contributed by atoms with Crippen molar-refractivity contribution in [2.45, 2.75) is 30.6 Å². The minimum absolute atomic E-state index is 0.164. The zero-order valence-corrected chi connectivity index (χ0v) is 19.0. The van der Waals surface area contributed by atoms with Crippen molar-refractivity contribution < 1.29 is 17.6 Å². The Balaban J connectivity index is 1.26. The fraction of sp³-hybridized carbons (Fsp3) is 0.375. The van der Waals surface area contributed by atoms with Crippen molar-refractivity contribution in [3.63, 3.8) is 0 Å². The second-order valence-corrected chi connectivity index (χ2v) is 10.6. The van der Waals surface area contributed by atoms with Gasteiger partial charge in [-0.15, -0.1) is 0 Å². The maximum atomic E-state index is 12.9. The Morgan fingerprint density at radius 2 is 1.72 bits per heavy atom. The number of carbonyl (C=O) groups is 1. The van der Waals surface area contributed by atoms with Crippen LogP contribution in [0.15, 0.2) is 52.0 Å². The van der Waals surface area contributed by atoms with E-state index in [0.29, 0.717) is 18.8 Å². The lowest BCUT2D eigenvalue weighted by Crippen LogP contribution is -2.46. The van der Waals surface area contributed by atoms with E-state index in [2.05, 4.69) is 22.3 Å². The predicted octanol–water partition coefficient (Wildman–Crippen LogP) is 3.04. The summed E-state index contributed by atoms with van der Waals surface area (Å²) in [6, 6.07) is 10.6. The first kappa shape index (κ1) is 21.2. The summed E-state index contributed by atoms with van der Waals surface area (Å²) in [5.41, 5.74) is 4.95. The number of benzene rings is 2. The Kier molecular flexibility index (Phi) is 5.53. The Morgan fingerprint density at radius 1 is 1.03 bits per heavy atom. The number of sulfonamides is 1. The van der Waals surface area contributed by atoms with Crippen molar-refractivity contribution in [3.8, 4) is 0 Å². The van der Waals surface area contributed by atoms with E-state index in [4.69, 9.17) is 4.42 Å². The van der Waals surface area contributed by atoms with Gasteiger partial charge >= 0.3 is 0 Å². The Hall–Kier alpha value is -2.68. The largest absolute Gasteiger partial charge is 0.464 e. The number of hydrogen-bond donors (Lipinski definition) is 1. The maximum Gasteiger partial charge on any atom is 0.243 e. The Labute approximate surface area is 188 Å². The lowest BCUT2D eigenvalue weighted by Gasteiger charge is -2.31. The average molecular weight is 454 g/mol. The van der Waals surface area contributed by atoms with E-state index in [-0.39, 0.29) is 17.2 Å². The maximum absolute atomic E-state index is 12.9. The topological polar surface area (TPSA) is 82.9 Å². The highest BCUT2D eigenvalue weighted by molar-refractivity contribution is 7.89. The van der Waals surface area contributed by atoms with E-state index in [1.54, 1.807) is 30.5 Å². The number of nitrogens with zero attached hydrogens (tertiary/aromatic N) is 2. The van der Waals surface area contributed by atoms with Crippen LogP contribution in [0.5, 0.6) is 0 Å². The third-order valence-corrected chi connectivity index (χ3v) is 8.37. The summed E-state index contributed by atoms with van der Waals surface area (Å²) in [7, 11) is -1.53. The lowest BCUT2D eigenvalue weighted by atomic mass is 10.0. The normalized spacial score (nSPS) is 17.5. The molecule has 1 fully saturated rings. The lowest BCUT2D eigenvalue weighted by molar-refractivity contribution is -0.115. The first-order valence-corrected chi connectivity index (χ1v) is 12.4. The zero-order valence-electron chi connectivity index (χ0n) is 18.1. The molecule has 8 heteroatoms. The standard InChI is InChI=1S/C24H27N3O4S/c1-26-9-11-27(12-10-26)32(29,30)21-7-5-20(6-8-21)25-24(28)15-19-16-31-23-14-18-4-2-3-17(18)13-22(19)23/h5-8,13-14,16H,2-4,9-12,15H2,1H3,(H,25,28). The number of likely N-dealkylation sites (N-methyl/N-ethyl adjacent to an activating group) is 1. The van der Waals surface area contributed by atoms with Crippen LogP contribution in [0.25, 0.3) is 11.0 Å². The number of anilines is 1. The van der Waals surface area contributed by atoms with Crippen LogP contribution < -0.4 is 5.32 Å². The molecule has 7 nitrogen and oxygen atoms in total. The number of aryl methyl sites for hydroxylation is 2. The second kappa shape index (κ2) is 8.35. The molecule has 0 atom stereocenters. The zero-order chi connectivity index (χ0) is 22.3. The molecule has 5 rings (SSSR count).